The predicted molar refractivity (Wildman–Crippen MR) is 105 cm³/mol. The van der Waals surface area contributed by atoms with E-state index in [1.807, 2.05) is 19.1 Å². The van der Waals surface area contributed by atoms with Crippen molar-refractivity contribution in [1.29, 1.82) is 0 Å². The van der Waals surface area contributed by atoms with Crippen LogP contribution >= 0.6 is 24.0 Å². The van der Waals surface area contributed by atoms with E-state index in [4.69, 9.17) is 10.5 Å². The van der Waals surface area contributed by atoms with Gasteiger partial charge in [-0.25, -0.2) is 4.99 Å². The topological polar surface area (TPSA) is 59.6 Å². The first-order valence-corrected chi connectivity index (χ1v) is 7.20. The second-order valence-electron chi connectivity index (χ2n) is 6.21. The van der Waals surface area contributed by atoms with E-state index in [0.29, 0.717) is 25.7 Å². The second-order valence-corrected chi connectivity index (χ2v) is 6.21. The largest absolute Gasteiger partial charge is 0.492 e. The fourth-order valence-electron chi connectivity index (χ4n) is 1.68. The number of aliphatic imine (C=N–C) groups is 1. The average Bonchev–Trinajstić information content (AvgIpc) is 2.41. The van der Waals surface area contributed by atoms with Gasteiger partial charge in [-0.05, 0) is 30.0 Å². The predicted octanol–water partition coefficient (Wildman–Crippen LogP) is 3.46. The third-order valence-corrected chi connectivity index (χ3v) is 2.92. The Labute approximate surface area is 151 Å². The summed E-state index contributed by atoms with van der Waals surface area (Å²) in [5.41, 5.74) is 8.15. The number of nitrogens with two attached hydrogens (primary N) is 1. The van der Waals surface area contributed by atoms with Crippen LogP contribution in [0, 0.1) is 0 Å². The molecule has 0 atom stereocenters. The molecule has 0 saturated carbocycles. The molecule has 1 aromatic carbocycles. The Morgan fingerprint density at radius 1 is 1.27 bits per heavy atom. The number of nitrogens with one attached hydrogen (secondary N) is 1. The molecule has 22 heavy (non-hydrogen) atoms. The van der Waals surface area contributed by atoms with Crippen LogP contribution in [0.3, 0.4) is 0 Å². The molecule has 0 aliphatic heterocycles. The third-order valence-electron chi connectivity index (χ3n) is 2.92. The number of rotatable bonds is 6. The highest BCUT2D eigenvalue weighted by atomic mass is 127. The molecule has 4 nitrogen and oxygen atoms in total. The number of hydrogen-bond acceptors (Lipinski definition) is 2. The van der Waals surface area contributed by atoms with Crippen LogP contribution < -0.4 is 15.8 Å². The van der Waals surface area contributed by atoms with E-state index in [1.54, 1.807) is 0 Å². The van der Waals surface area contributed by atoms with Gasteiger partial charge < -0.3 is 15.8 Å². The van der Waals surface area contributed by atoms with Gasteiger partial charge in [-0.15, -0.1) is 24.0 Å². The van der Waals surface area contributed by atoms with Crippen molar-refractivity contribution in [2.24, 2.45) is 10.7 Å². The lowest BCUT2D eigenvalue weighted by Gasteiger charge is -2.19. The minimum absolute atomic E-state index is 0. The van der Waals surface area contributed by atoms with Gasteiger partial charge in [0.25, 0.3) is 0 Å². The van der Waals surface area contributed by atoms with E-state index in [1.165, 1.54) is 5.56 Å². The van der Waals surface area contributed by atoms with Gasteiger partial charge in [-0.1, -0.05) is 45.1 Å². The van der Waals surface area contributed by atoms with Crippen LogP contribution in [0.1, 0.15) is 33.3 Å². The lowest BCUT2D eigenvalue weighted by Crippen LogP contribution is -2.34. The second kappa shape index (κ2) is 9.71. The van der Waals surface area contributed by atoms with Crippen LogP contribution in [-0.2, 0) is 5.41 Å². The SMILES string of the molecule is C=C(C)CN=C(N)NCCOc1ccc(C(C)(C)C)cc1.I. The Balaban J connectivity index is 0.00000441. The maximum atomic E-state index is 5.71. The molecule has 0 heterocycles. The van der Waals surface area contributed by atoms with Crippen molar-refractivity contribution in [3.05, 3.63) is 42.0 Å². The van der Waals surface area contributed by atoms with Gasteiger partial charge in [-0.2, -0.15) is 0 Å². The van der Waals surface area contributed by atoms with Crippen molar-refractivity contribution in [3.63, 3.8) is 0 Å². The molecule has 0 saturated heterocycles. The molecule has 124 valence electrons. The summed E-state index contributed by atoms with van der Waals surface area (Å²) >= 11 is 0. The number of halogens is 1. The lowest BCUT2D eigenvalue weighted by molar-refractivity contribution is 0.322. The molecule has 0 amide bonds. The fraction of sp³-hybridized carbons (Fsp3) is 0.471. The summed E-state index contributed by atoms with van der Waals surface area (Å²) in [6.07, 6.45) is 0. The van der Waals surface area contributed by atoms with Crippen LogP contribution in [-0.4, -0.2) is 25.7 Å². The molecule has 0 radical (unpaired) electrons. The normalized spacial score (nSPS) is 11.5. The first kappa shape index (κ1) is 20.8. The molecule has 0 spiro atoms. The average molecular weight is 417 g/mol. The number of guanidine groups is 1. The van der Waals surface area contributed by atoms with Gasteiger partial charge in [0.1, 0.15) is 12.4 Å². The van der Waals surface area contributed by atoms with Crippen molar-refractivity contribution < 1.29 is 4.74 Å². The molecule has 0 fully saturated rings. The minimum atomic E-state index is 0. The summed E-state index contributed by atoms with van der Waals surface area (Å²) in [5.74, 6) is 1.28. The quantitative estimate of drug-likeness (QED) is 0.245. The van der Waals surface area contributed by atoms with E-state index in [2.05, 4.69) is 49.8 Å². The van der Waals surface area contributed by atoms with Gasteiger partial charge in [0.2, 0.25) is 0 Å². The summed E-state index contributed by atoms with van der Waals surface area (Å²) in [7, 11) is 0. The zero-order chi connectivity index (χ0) is 15.9. The van der Waals surface area contributed by atoms with Gasteiger partial charge in [0.15, 0.2) is 5.96 Å². The van der Waals surface area contributed by atoms with Crippen molar-refractivity contribution in [1.82, 2.24) is 5.32 Å². The highest BCUT2D eigenvalue weighted by Gasteiger charge is 2.12. The van der Waals surface area contributed by atoms with E-state index in [0.717, 1.165) is 11.3 Å². The lowest BCUT2D eigenvalue weighted by atomic mass is 9.87. The van der Waals surface area contributed by atoms with Gasteiger partial charge in [-0.3, -0.25) is 0 Å². The van der Waals surface area contributed by atoms with E-state index >= 15 is 0 Å². The highest BCUT2D eigenvalue weighted by Crippen LogP contribution is 2.24. The van der Waals surface area contributed by atoms with Crippen molar-refractivity contribution in [3.8, 4) is 5.75 Å². The molecule has 5 heteroatoms. The molecule has 1 rings (SSSR count). The van der Waals surface area contributed by atoms with Gasteiger partial charge >= 0.3 is 0 Å². The molecule has 0 unspecified atom stereocenters. The number of benzene rings is 1. The van der Waals surface area contributed by atoms with E-state index in [9.17, 15) is 0 Å². The maximum absolute atomic E-state index is 5.71. The van der Waals surface area contributed by atoms with Crippen LogP contribution in [0.25, 0.3) is 0 Å². The summed E-state index contributed by atoms with van der Waals surface area (Å²) in [6, 6.07) is 8.20. The minimum Gasteiger partial charge on any atom is -0.492 e. The van der Waals surface area contributed by atoms with Crippen molar-refractivity contribution >= 4 is 29.9 Å². The monoisotopic (exact) mass is 417 g/mol. The molecule has 0 aromatic heterocycles. The molecular formula is C17H28IN3O. The summed E-state index contributed by atoms with van der Waals surface area (Å²) in [5, 5.41) is 3.01. The van der Waals surface area contributed by atoms with Crippen LogP contribution in [0.2, 0.25) is 0 Å². The molecular weight excluding hydrogens is 389 g/mol. The first-order valence-electron chi connectivity index (χ1n) is 7.20. The number of hydrogen-bond donors (Lipinski definition) is 2. The maximum Gasteiger partial charge on any atom is 0.189 e. The van der Waals surface area contributed by atoms with Crippen LogP contribution in [0.15, 0.2) is 41.4 Å². The standard InChI is InChI=1S/C17H27N3O.HI/c1-13(2)12-20-16(18)19-10-11-21-15-8-6-14(7-9-15)17(3,4)5;/h6-9H,1,10-12H2,2-5H3,(H3,18,19,20);1H. The van der Waals surface area contributed by atoms with E-state index in [-0.39, 0.29) is 29.4 Å². The first-order chi connectivity index (χ1) is 9.79. The molecule has 0 bridgehead atoms. The van der Waals surface area contributed by atoms with Crippen molar-refractivity contribution in [2.45, 2.75) is 33.1 Å². The van der Waals surface area contributed by atoms with Crippen LogP contribution in [0.5, 0.6) is 5.75 Å². The zero-order valence-corrected chi connectivity index (χ0v) is 16.3. The summed E-state index contributed by atoms with van der Waals surface area (Å²) < 4.78 is 5.66. The van der Waals surface area contributed by atoms with Crippen LogP contribution in [0.4, 0.5) is 0 Å². The van der Waals surface area contributed by atoms with Crippen molar-refractivity contribution in [2.75, 3.05) is 19.7 Å². The Bertz CT molecular complexity index is 490. The zero-order valence-electron chi connectivity index (χ0n) is 14.0. The Kier molecular flexibility index (Phi) is 9.16. The number of ether oxygens (including phenoxy) is 1. The molecule has 1 aromatic rings. The third kappa shape index (κ3) is 8.26. The Morgan fingerprint density at radius 3 is 2.36 bits per heavy atom. The number of nitrogens with zero attached hydrogens (tertiary/aromatic N) is 1. The van der Waals surface area contributed by atoms with E-state index < -0.39 is 0 Å². The smallest absolute Gasteiger partial charge is 0.189 e. The molecule has 0 aliphatic rings. The molecule has 0 aliphatic carbocycles. The van der Waals surface area contributed by atoms with Gasteiger partial charge in [0.05, 0.1) is 13.1 Å². The molecule has 3 N–H and O–H groups in total. The highest BCUT2D eigenvalue weighted by molar-refractivity contribution is 14.0. The van der Waals surface area contributed by atoms with Gasteiger partial charge in [0, 0.05) is 0 Å². The summed E-state index contributed by atoms with van der Waals surface area (Å²) in [6.45, 7) is 14.0. The Hall–Kier alpha value is -1.24. The fourth-order valence-corrected chi connectivity index (χ4v) is 1.68. The summed E-state index contributed by atoms with van der Waals surface area (Å²) in [4.78, 5) is 4.14. The Morgan fingerprint density at radius 2 is 1.86 bits per heavy atom.